The zero-order valence-electron chi connectivity index (χ0n) is 24.7. The summed E-state index contributed by atoms with van der Waals surface area (Å²) in [7, 11) is 1.81. The summed E-state index contributed by atoms with van der Waals surface area (Å²) in [4.78, 5) is 42.0. The minimum atomic E-state index is -0.981. The molecule has 43 heavy (non-hydrogen) atoms. The molecule has 2 aliphatic heterocycles. The minimum absolute atomic E-state index is 0.218. The summed E-state index contributed by atoms with van der Waals surface area (Å²) < 4.78 is 13.5. The predicted octanol–water partition coefficient (Wildman–Crippen LogP) is 4.23. The molecule has 10 nitrogen and oxygen atoms in total. The van der Waals surface area contributed by atoms with Crippen LogP contribution < -0.4 is 14.8 Å². The van der Waals surface area contributed by atoms with Crippen molar-refractivity contribution in [3.05, 3.63) is 65.1 Å². The van der Waals surface area contributed by atoms with E-state index in [1.165, 1.54) is 4.90 Å². The SMILES string of the molecule is C=C(F)C(=O)N1CCN(c2nc(N3CC(N(CC)CC)C3)nc(C=O)c2/C=N\N(C)c2cccc3cccc(Cl)c23)CC1. The molecular formula is C31H36ClFN8O2. The number of fused-ring (bicyclic) bond motifs is 1. The number of anilines is 3. The summed E-state index contributed by atoms with van der Waals surface area (Å²) >= 11 is 6.55. The molecule has 2 aliphatic rings. The lowest BCUT2D eigenvalue weighted by Crippen LogP contribution is -2.60. The van der Waals surface area contributed by atoms with Crippen LogP contribution in [0.25, 0.3) is 10.8 Å². The van der Waals surface area contributed by atoms with Gasteiger partial charge < -0.3 is 14.7 Å². The Balaban J connectivity index is 1.49. The van der Waals surface area contributed by atoms with Gasteiger partial charge in [0.15, 0.2) is 12.1 Å². The predicted molar refractivity (Wildman–Crippen MR) is 170 cm³/mol. The molecule has 0 bridgehead atoms. The molecule has 0 atom stereocenters. The lowest BCUT2D eigenvalue weighted by Gasteiger charge is -2.45. The third kappa shape index (κ3) is 6.18. The minimum Gasteiger partial charge on any atom is -0.352 e. The molecule has 226 valence electrons. The Morgan fingerprint density at radius 3 is 2.40 bits per heavy atom. The van der Waals surface area contributed by atoms with E-state index in [-0.39, 0.29) is 18.8 Å². The summed E-state index contributed by atoms with van der Waals surface area (Å²) in [6, 6.07) is 12.0. The van der Waals surface area contributed by atoms with Crippen LogP contribution in [0.5, 0.6) is 0 Å². The van der Waals surface area contributed by atoms with Crippen LogP contribution in [0.3, 0.4) is 0 Å². The van der Waals surface area contributed by atoms with E-state index in [0.29, 0.717) is 41.5 Å². The van der Waals surface area contributed by atoms with Crippen molar-refractivity contribution < 1.29 is 14.0 Å². The van der Waals surface area contributed by atoms with E-state index in [9.17, 15) is 14.0 Å². The van der Waals surface area contributed by atoms with Crippen molar-refractivity contribution in [3.63, 3.8) is 0 Å². The Labute approximate surface area is 256 Å². The van der Waals surface area contributed by atoms with E-state index in [4.69, 9.17) is 21.7 Å². The van der Waals surface area contributed by atoms with E-state index in [2.05, 4.69) is 35.2 Å². The topological polar surface area (TPSA) is 88.5 Å². The van der Waals surface area contributed by atoms with Gasteiger partial charge in [-0.1, -0.05) is 56.3 Å². The summed E-state index contributed by atoms with van der Waals surface area (Å²) in [6.07, 6.45) is 2.31. The van der Waals surface area contributed by atoms with Crippen molar-refractivity contribution >= 4 is 58.2 Å². The van der Waals surface area contributed by atoms with Crippen LogP contribution in [0.2, 0.25) is 5.02 Å². The molecule has 5 rings (SSSR count). The van der Waals surface area contributed by atoms with E-state index >= 15 is 0 Å². The molecule has 0 radical (unpaired) electrons. The first-order valence-corrected chi connectivity index (χ1v) is 14.8. The Kier molecular flexibility index (Phi) is 9.22. The number of rotatable bonds is 10. The number of aldehydes is 1. The normalized spacial score (nSPS) is 15.8. The number of halogens is 2. The highest BCUT2D eigenvalue weighted by Crippen LogP contribution is 2.33. The fraction of sp³-hybridized carbons (Fsp3) is 0.387. The first-order chi connectivity index (χ1) is 20.7. The van der Waals surface area contributed by atoms with Crippen molar-refractivity contribution in [2.75, 3.05) is 74.2 Å². The number of carbonyl (C=O) groups is 2. The van der Waals surface area contributed by atoms with Gasteiger partial charge >= 0.3 is 0 Å². The van der Waals surface area contributed by atoms with Gasteiger partial charge in [-0.15, -0.1) is 0 Å². The quantitative estimate of drug-likeness (QED) is 0.147. The summed E-state index contributed by atoms with van der Waals surface area (Å²) in [5.74, 6) is -0.678. The fourth-order valence-electron chi connectivity index (χ4n) is 5.69. The number of hydrogen-bond acceptors (Lipinski definition) is 9. The smallest absolute Gasteiger partial charge is 0.282 e. The Morgan fingerprint density at radius 2 is 1.77 bits per heavy atom. The van der Waals surface area contributed by atoms with E-state index in [1.807, 2.05) is 48.3 Å². The first-order valence-electron chi connectivity index (χ1n) is 14.4. The zero-order chi connectivity index (χ0) is 30.7. The van der Waals surface area contributed by atoms with Crippen molar-refractivity contribution in [2.24, 2.45) is 5.10 Å². The van der Waals surface area contributed by atoms with Gasteiger partial charge in [0, 0.05) is 57.7 Å². The number of hydrazone groups is 1. The number of benzene rings is 2. The summed E-state index contributed by atoms with van der Waals surface area (Å²) in [6.45, 7) is 12.2. The Bertz CT molecular complexity index is 1540. The highest BCUT2D eigenvalue weighted by molar-refractivity contribution is 6.36. The maximum Gasteiger partial charge on any atom is 0.282 e. The molecule has 12 heteroatoms. The molecule has 0 saturated carbocycles. The molecule has 0 N–H and O–H groups in total. The number of carbonyl (C=O) groups excluding carboxylic acids is 2. The number of hydrogen-bond donors (Lipinski definition) is 0. The monoisotopic (exact) mass is 606 g/mol. The molecule has 1 amide bonds. The molecule has 0 spiro atoms. The van der Waals surface area contributed by atoms with Crippen molar-refractivity contribution in [1.29, 1.82) is 0 Å². The second-order valence-corrected chi connectivity index (χ2v) is 11.0. The lowest BCUT2D eigenvalue weighted by molar-refractivity contribution is -0.128. The third-order valence-corrected chi connectivity index (χ3v) is 8.48. The van der Waals surface area contributed by atoms with E-state index < -0.39 is 11.7 Å². The Hall–Kier alpha value is -4.09. The average Bonchev–Trinajstić information content (AvgIpc) is 3.00. The molecule has 3 heterocycles. The largest absolute Gasteiger partial charge is 0.352 e. The fourth-order valence-corrected chi connectivity index (χ4v) is 5.97. The van der Waals surface area contributed by atoms with Gasteiger partial charge in [-0.2, -0.15) is 10.1 Å². The molecular weight excluding hydrogens is 571 g/mol. The van der Waals surface area contributed by atoms with Crippen LogP contribution in [0.1, 0.15) is 29.9 Å². The van der Waals surface area contributed by atoms with Crippen molar-refractivity contribution in [1.82, 2.24) is 19.8 Å². The van der Waals surface area contributed by atoms with Gasteiger partial charge in [0.25, 0.3) is 5.91 Å². The maximum absolute atomic E-state index is 13.5. The van der Waals surface area contributed by atoms with Gasteiger partial charge in [0.05, 0.1) is 22.5 Å². The number of amides is 1. The van der Waals surface area contributed by atoms with Gasteiger partial charge in [0.1, 0.15) is 11.5 Å². The van der Waals surface area contributed by atoms with Gasteiger partial charge in [0.2, 0.25) is 5.95 Å². The van der Waals surface area contributed by atoms with Crippen LogP contribution in [-0.2, 0) is 4.79 Å². The zero-order valence-corrected chi connectivity index (χ0v) is 25.5. The summed E-state index contributed by atoms with van der Waals surface area (Å²) in [5, 5.41) is 8.85. The van der Waals surface area contributed by atoms with Gasteiger partial charge in [-0.25, -0.2) is 9.37 Å². The number of aromatic nitrogens is 2. The number of nitrogens with zero attached hydrogens (tertiary/aromatic N) is 8. The van der Waals surface area contributed by atoms with Crippen LogP contribution in [0, 0.1) is 0 Å². The van der Waals surface area contributed by atoms with Gasteiger partial charge in [-0.05, 0) is 30.6 Å². The molecule has 2 aromatic carbocycles. The molecule has 1 aromatic heterocycles. The highest BCUT2D eigenvalue weighted by Gasteiger charge is 2.34. The second-order valence-electron chi connectivity index (χ2n) is 10.6. The van der Waals surface area contributed by atoms with Crippen molar-refractivity contribution in [2.45, 2.75) is 19.9 Å². The van der Waals surface area contributed by atoms with Gasteiger partial charge in [-0.3, -0.25) is 19.5 Å². The van der Waals surface area contributed by atoms with E-state index in [1.54, 1.807) is 11.2 Å². The summed E-state index contributed by atoms with van der Waals surface area (Å²) in [5.41, 5.74) is 1.48. The standard InChI is InChI=1S/C31H36ClFN8O2/c1-5-38(6-2)23-18-41(19-23)31-35-26(20-42)24(29(36-31)39-13-15-40(16-14-39)30(43)21(3)33)17-34-37(4)27-12-8-10-22-9-7-11-25(32)28(22)27/h7-12,17,20,23H,3,5-6,13-16,18-19H2,1-2,4H3/b34-17-. The number of likely N-dealkylation sites (N-methyl/N-ethyl adjacent to an activating group) is 1. The lowest BCUT2D eigenvalue weighted by atomic mass is 10.1. The maximum atomic E-state index is 13.5. The second kappa shape index (κ2) is 13.0. The highest BCUT2D eigenvalue weighted by atomic mass is 35.5. The third-order valence-electron chi connectivity index (χ3n) is 8.17. The first kappa shape index (κ1) is 30.4. The molecule has 0 aliphatic carbocycles. The van der Waals surface area contributed by atoms with Crippen LogP contribution in [0.4, 0.5) is 21.8 Å². The molecule has 0 unspecified atom stereocenters. The van der Waals surface area contributed by atoms with Crippen LogP contribution in [-0.4, -0.2) is 104 Å². The van der Waals surface area contributed by atoms with Crippen LogP contribution >= 0.6 is 11.6 Å². The molecule has 2 fully saturated rings. The molecule has 2 saturated heterocycles. The molecule has 3 aromatic rings. The number of piperazine rings is 1. The van der Waals surface area contributed by atoms with Crippen molar-refractivity contribution in [3.8, 4) is 0 Å². The Morgan fingerprint density at radius 1 is 1.09 bits per heavy atom. The van der Waals surface area contributed by atoms with E-state index in [0.717, 1.165) is 48.9 Å². The van der Waals surface area contributed by atoms with Crippen LogP contribution in [0.15, 0.2) is 53.9 Å². The average molecular weight is 607 g/mol.